The summed E-state index contributed by atoms with van der Waals surface area (Å²) in [6, 6.07) is 9.33. The minimum Gasteiger partial charge on any atom is -0.486 e. The minimum atomic E-state index is 0.336. The van der Waals surface area contributed by atoms with Gasteiger partial charge in [0.2, 0.25) is 0 Å². The fourth-order valence-corrected chi connectivity index (χ4v) is 2.00. The van der Waals surface area contributed by atoms with E-state index in [0.717, 1.165) is 22.7 Å². The number of fused-ring (bicyclic) bond motifs is 1. The normalized spacial score (nSPS) is 12.8. The Morgan fingerprint density at radius 1 is 1.15 bits per heavy atom. The van der Waals surface area contributed by atoms with Gasteiger partial charge in [0.05, 0.1) is 0 Å². The standard InChI is InChI=1S/C14H13N3O2S/c15-14(20)9-1-4-13(16-8-9)17-10-2-3-11-12(7-10)19-6-5-18-11/h1-4,7-8H,5-6H2,(H2,15,20)(H,16,17). The van der Waals surface area contributed by atoms with Crippen LogP contribution in [0.5, 0.6) is 11.5 Å². The highest BCUT2D eigenvalue weighted by Gasteiger charge is 2.11. The molecule has 0 bridgehead atoms. The van der Waals surface area contributed by atoms with Gasteiger partial charge in [-0.1, -0.05) is 12.2 Å². The zero-order chi connectivity index (χ0) is 13.9. The molecule has 0 fully saturated rings. The second-order valence-corrected chi connectivity index (χ2v) is 4.72. The van der Waals surface area contributed by atoms with E-state index in [1.165, 1.54) is 0 Å². The smallest absolute Gasteiger partial charge is 0.163 e. The Hall–Kier alpha value is -2.34. The molecule has 1 aliphatic heterocycles. The highest BCUT2D eigenvalue weighted by Crippen LogP contribution is 2.33. The topological polar surface area (TPSA) is 69.4 Å². The van der Waals surface area contributed by atoms with Gasteiger partial charge in [0.25, 0.3) is 0 Å². The maximum Gasteiger partial charge on any atom is 0.163 e. The van der Waals surface area contributed by atoms with Crippen LogP contribution >= 0.6 is 12.2 Å². The lowest BCUT2D eigenvalue weighted by molar-refractivity contribution is 0.171. The Balaban J connectivity index is 1.78. The van der Waals surface area contributed by atoms with Crippen molar-refractivity contribution >= 4 is 28.7 Å². The lowest BCUT2D eigenvalue weighted by Gasteiger charge is -2.19. The summed E-state index contributed by atoms with van der Waals surface area (Å²) in [6.07, 6.45) is 1.64. The molecule has 2 aromatic rings. The van der Waals surface area contributed by atoms with Crippen molar-refractivity contribution in [2.45, 2.75) is 0 Å². The number of nitrogens with two attached hydrogens (primary N) is 1. The van der Waals surface area contributed by atoms with Gasteiger partial charge in [-0.25, -0.2) is 4.98 Å². The summed E-state index contributed by atoms with van der Waals surface area (Å²) in [6.45, 7) is 1.15. The first-order valence-electron chi connectivity index (χ1n) is 6.15. The van der Waals surface area contributed by atoms with Crippen LogP contribution in [0.1, 0.15) is 5.56 Å². The van der Waals surface area contributed by atoms with Crippen LogP contribution in [0.15, 0.2) is 36.5 Å². The summed E-state index contributed by atoms with van der Waals surface area (Å²) >= 11 is 4.89. The van der Waals surface area contributed by atoms with Crippen LogP contribution in [0.25, 0.3) is 0 Å². The van der Waals surface area contributed by atoms with Crippen molar-refractivity contribution in [2.75, 3.05) is 18.5 Å². The molecule has 0 spiro atoms. The number of ether oxygens (including phenoxy) is 2. The molecule has 0 amide bonds. The van der Waals surface area contributed by atoms with Gasteiger partial charge in [0.1, 0.15) is 24.0 Å². The van der Waals surface area contributed by atoms with E-state index in [1.54, 1.807) is 6.20 Å². The second-order valence-electron chi connectivity index (χ2n) is 4.28. The van der Waals surface area contributed by atoms with Crippen molar-refractivity contribution in [3.63, 3.8) is 0 Å². The number of aromatic nitrogens is 1. The SMILES string of the molecule is NC(=S)c1ccc(Nc2ccc3c(c2)OCCO3)nc1. The van der Waals surface area contributed by atoms with Gasteiger partial charge in [0, 0.05) is 23.5 Å². The van der Waals surface area contributed by atoms with Crippen LogP contribution in [0.4, 0.5) is 11.5 Å². The first kappa shape index (κ1) is 12.7. The molecule has 0 saturated heterocycles. The molecule has 102 valence electrons. The quantitative estimate of drug-likeness (QED) is 0.844. The zero-order valence-electron chi connectivity index (χ0n) is 10.6. The Morgan fingerprint density at radius 3 is 2.65 bits per heavy atom. The van der Waals surface area contributed by atoms with Crippen LogP contribution < -0.4 is 20.5 Å². The Bertz CT molecular complexity index is 643. The van der Waals surface area contributed by atoms with Crippen LogP contribution in [-0.2, 0) is 0 Å². The van der Waals surface area contributed by atoms with Crippen LogP contribution in [0, 0.1) is 0 Å². The van der Waals surface area contributed by atoms with Crippen molar-refractivity contribution in [1.29, 1.82) is 0 Å². The molecule has 1 aromatic carbocycles. The lowest BCUT2D eigenvalue weighted by Crippen LogP contribution is -2.15. The fourth-order valence-electron chi connectivity index (χ4n) is 1.88. The summed E-state index contributed by atoms with van der Waals surface area (Å²) in [5.74, 6) is 2.21. The maximum atomic E-state index is 5.53. The van der Waals surface area contributed by atoms with E-state index in [2.05, 4.69) is 10.3 Å². The van der Waals surface area contributed by atoms with Crippen LogP contribution in [0.2, 0.25) is 0 Å². The van der Waals surface area contributed by atoms with Gasteiger partial charge in [0.15, 0.2) is 11.5 Å². The molecule has 5 nitrogen and oxygen atoms in total. The third-order valence-corrected chi connectivity index (χ3v) is 3.10. The summed E-state index contributed by atoms with van der Waals surface area (Å²) in [7, 11) is 0. The molecule has 0 unspecified atom stereocenters. The summed E-state index contributed by atoms with van der Waals surface area (Å²) in [4.78, 5) is 4.59. The van der Waals surface area contributed by atoms with Gasteiger partial charge < -0.3 is 20.5 Å². The molecule has 0 aliphatic carbocycles. The molecule has 0 radical (unpaired) electrons. The second kappa shape index (κ2) is 5.34. The summed E-state index contributed by atoms with van der Waals surface area (Å²) < 4.78 is 11.0. The maximum absolute atomic E-state index is 5.53. The largest absolute Gasteiger partial charge is 0.486 e. The van der Waals surface area contributed by atoms with E-state index in [4.69, 9.17) is 27.4 Å². The van der Waals surface area contributed by atoms with Gasteiger partial charge in [-0.05, 0) is 24.3 Å². The molecule has 0 saturated carbocycles. The number of pyridine rings is 1. The van der Waals surface area contributed by atoms with Gasteiger partial charge in [-0.2, -0.15) is 0 Å². The highest BCUT2D eigenvalue weighted by atomic mass is 32.1. The molecule has 1 aliphatic rings. The summed E-state index contributed by atoms with van der Waals surface area (Å²) in [5.41, 5.74) is 7.16. The van der Waals surface area contributed by atoms with Crippen molar-refractivity contribution in [2.24, 2.45) is 5.73 Å². The molecule has 0 atom stereocenters. The lowest BCUT2D eigenvalue weighted by atomic mass is 10.2. The first-order valence-corrected chi connectivity index (χ1v) is 6.56. The van der Waals surface area contributed by atoms with Crippen LogP contribution in [-0.4, -0.2) is 23.2 Å². The first-order chi connectivity index (χ1) is 9.72. The molecule has 2 heterocycles. The molecule has 20 heavy (non-hydrogen) atoms. The van der Waals surface area contributed by atoms with Crippen molar-refractivity contribution in [3.05, 3.63) is 42.1 Å². The van der Waals surface area contributed by atoms with E-state index in [-0.39, 0.29) is 0 Å². The third kappa shape index (κ3) is 2.65. The van der Waals surface area contributed by atoms with E-state index >= 15 is 0 Å². The zero-order valence-corrected chi connectivity index (χ0v) is 11.4. The van der Waals surface area contributed by atoms with Crippen molar-refractivity contribution in [1.82, 2.24) is 4.98 Å². The molecule has 3 N–H and O–H groups in total. The van der Waals surface area contributed by atoms with Crippen molar-refractivity contribution in [3.8, 4) is 11.5 Å². The predicted molar refractivity (Wildman–Crippen MR) is 80.8 cm³/mol. The molecular formula is C14H13N3O2S. The number of anilines is 2. The molecule has 3 rings (SSSR count). The van der Waals surface area contributed by atoms with Gasteiger partial charge in [-0.3, -0.25) is 0 Å². The Kier molecular flexibility index (Phi) is 3.39. The number of benzene rings is 1. The summed E-state index contributed by atoms with van der Waals surface area (Å²) in [5, 5.41) is 3.19. The van der Waals surface area contributed by atoms with Gasteiger partial charge in [-0.15, -0.1) is 0 Å². The fraction of sp³-hybridized carbons (Fsp3) is 0.143. The molecule has 6 heteroatoms. The number of hydrogen-bond acceptors (Lipinski definition) is 5. The van der Waals surface area contributed by atoms with E-state index in [9.17, 15) is 0 Å². The average molecular weight is 287 g/mol. The van der Waals surface area contributed by atoms with Crippen LogP contribution in [0.3, 0.4) is 0 Å². The average Bonchev–Trinajstić information content (AvgIpc) is 2.48. The number of nitrogens with one attached hydrogen (secondary N) is 1. The third-order valence-electron chi connectivity index (χ3n) is 2.86. The van der Waals surface area contributed by atoms with E-state index in [0.29, 0.717) is 24.0 Å². The van der Waals surface area contributed by atoms with E-state index < -0.39 is 0 Å². The molecular weight excluding hydrogens is 274 g/mol. The Labute approximate surface area is 121 Å². The number of rotatable bonds is 3. The highest BCUT2D eigenvalue weighted by molar-refractivity contribution is 7.80. The van der Waals surface area contributed by atoms with Gasteiger partial charge >= 0.3 is 0 Å². The minimum absolute atomic E-state index is 0.336. The molecule has 1 aromatic heterocycles. The monoisotopic (exact) mass is 287 g/mol. The van der Waals surface area contributed by atoms with E-state index in [1.807, 2.05) is 30.3 Å². The number of thiocarbonyl (C=S) groups is 1. The predicted octanol–water partition coefficient (Wildman–Crippen LogP) is 2.23. The number of nitrogens with zero attached hydrogens (tertiary/aromatic N) is 1. The number of hydrogen-bond donors (Lipinski definition) is 2. The Morgan fingerprint density at radius 2 is 1.95 bits per heavy atom. The van der Waals surface area contributed by atoms with Crippen molar-refractivity contribution < 1.29 is 9.47 Å².